The third-order valence-electron chi connectivity index (χ3n) is 2.86. The van der Waals surface area contributed by atoms with Gasteiger partial charge >= 0.3 is 0 Å². The molecular weight excluding hydrogens is 295 g/mol. The molecule has 2 aromatic carbocycles. The first-order valence-electron chi connectivity index (χ1n) is 5.96. The van der Waals surface area contributed by atoms with E-state index >= 15 is 0 Å². The van der Waals surface area contributed by atoms with Crippen molar-refractivity contribution in [1.29, 1.82) is 0 Å². The predicted octanol–water partition coefficient (Wildman–Crippen LogP) is 1.48. The summed E-state index contributed by atoms with van der Waals surface area (Å²) in [5.74, 6) is -2.00. The van der Waals surface area contributed by atoms with Crippen molar-refractivity contribution in [3.8, 4) is 0 Å². The molecule has 2 aromatic rings. The molecule has 5 nitrogen and oxygen atoms in total. The van der Waals surface area contributed by atoms with Crippen LogP contribution in [0.25, 0.3) is 0 Å². The van der Waals surface area contributed by atoms with E-state index in [4.69, 9.17) is 11.5 Å². The van der Waals surface area contributed by atoms with Crippen LogP contribution in [0.5, 0.6) is 0 Å². The predicted molar refractivity (Wildman–Crippen MR) is 76.7 cm³/mol. The van der Waals surface area contributed by atoms with E-state index in [9.17, 15) is 17.6 Å². The molecule has 0 spiro atoms. The second-order valence-electron chi connectivity index (χ2n) is 4.51. The first-order valence-corrected chi connectivity index (χ1v) is 7.61. The lowest BCUT2D eigenvalue weighted by Crippen LogP contribution is -2.12. The summed E-state index contributed by atoms with van der Waals surface area (Å²) in [5.41, 5.74) is 11.2. The molecule has 21 heavy (non-hydrogen) atoms. The Balaban J connectivity index is 2.37. The maximum Gasteiger partial charge on any atom is 0.248 e. The van der Waals surface area contributed by atoms with Crippen molar-refractivity contribution in [3.05, 3.63) is 59.4 Å². The van der Waals surface area contributed by atoms with Gasteiger partial charge in [-0.1, -0.05) is 12.1 Å². The van der Waals surface area contributed by atoms with Gasteiger partial charge < -0.3 is 11.5 Å². The molecule has 110 valence electrons. The molecule has 0 saturated carbocycles. The molecule has 0 saturated heterocycles. The largest absolute Gasteiger partial charge is 0.399 e. The molecule has 0 aromatic heterocycles. The Morgan fingerprint density at radius 3 is 2.48 bits per heavy atom. The van der Waals surface area contributed by atoms with Crippen molar-refractivity contribution in [1.82, 2.24) is 0 Å². The number of carbonyl (C=O) groups is 1. The zero-order valence-corrected chi connectivity index (χ0v) is 11.7. The number of hydrogen-bond acceptors (Lipinski definition) is 4. The van der Waals surface area contributed by atoms with Gasteiger partial charge in [0, 0.05) is 11.3 Å². The molecular formula is C14H13FN2O3S. The van der Waals surface area contributed by atoms with Crippen LogP contribution in [0.4, 0.5) is 10.1 Å². The molecule has 7 heteroatoms. The van der Waals surface area contributed by atoms with Crippen LogP contribution in [-0.4, -0.2) is 14.3 Å². The second kappa shape index (κ2) is 5.53. The Morgan fingerprint density at radius 1 is 1.14 bits per heavy atom. The van der Waals surface area contributed by atoms with E-state index in [2.05, 4.69) is 0 Å². The van der Waals surface area contributed by atoms with Gasteiger partial charge in [-0.15, -0.1) is 0 Å². The third-order valence-corrected chi connectivity index (χ3v) is 4.57. The lowest BCUT2D eigenvalue weighted by molar-refractivity contribution is 0.1000. The number of amides is 1. The van der Waals surface area contributed by atoms with Crippen LogP contribution in [0.2, 0.25) is 0 Å². The fraction of sp³-hybridized carbons (Fsp3) is 0.0714. The minimum absolute atomic E-state index is 0.141. The highest BCUT2D eigenvalue weighted by Gasteiger charge is 2.20. The Morgan fingerprint density at radius 2 is 1.86 bits per heavy atom. The molecule has 0 bridgehead atoms. The molecule has 2 rings (SSSR count). The van der Waals surface area contributed by atoms with E-state index in [0.29, 0.717) is 5.56 Å². The number of primary amides is 1. The van der Waals surface area contributed by atoms with Crippen molar-refractivity contribution < 1.29 is 17.6 Å². The quantitative estimate of drug-likeness (QED) is 0.835. The lowest BCUT2D eigenvalue weighted by Gasteiger charge is -2.07. The molecule has 0 fully saturated rings. The zero-order valence-electron chi connectivity index (χ0n) is 10.9. The maximum absolute atomic E-state index is 13.7. The number of hydrogen-bond donors (Lipinski definition) is 2. The van der Waals surface area contributed by atoms with Crippen LogP contribution in [-0.2, 0) is 15.6 Å². The van der Waals surface area contributed by atoms with Gasteiger partial charge in [-0.3, -0.25) is 4.79 Å². The maximum atomic E-state index is 13.7. The van der Waals surface area contributed by atoms with Crippen molar-refractivity contribution in [2.45, 2.75) is 10.6 Å². The molecule has 0 radical (unpaired) electrons. The standard InChI is InChI=1S/C14H13FN2O3S/c15-12-7-11(16)4-5-13(12)21(19,20)8-9-2-1-3-10(6-9)14(17)18/h1-7H,8,16H2,(H2,17,18). The van der Waals surface area contributed by atoms with E-state index in [-0.39, 0.29) is 11.3 Å². The van der Waals surface area contributed by atoms with E-state index < -0.39 is 32.2 Å². The molecule has 0 aliphatic heterocycles. The SMILES string of the molecule is NC(=O)c1cccc(CS(=O)(=O)c2ccc(N)cc2F)c1. The van der Waals surface area contributed by atoms with E-state index in [1.165, 1.54) is 30.3 Å². The van der Waals surface area contributed by atoms with Crippen molar-refractivity contribution >= 4 is 21.4 Å². The molecule has 0 aliphatic rings. The minimum Gasteiger partial charge on any atom is -0.399 e. The van der Waals surface area contributed by atoms with Crippen LogP contribution in [0.3, 0.4) is 0 Å². The first-order chi connectivity index (χ1) is 9.79. The number of benzene rings is 2. The van der Waals surface area contributed by atoms with Gasteiger partial charge in [0.1, 0.15) is 10.7 Å². The number of halogens is 1. The molecule has 0 heterocycles. The summed E-state index contributed by atoms with van der Waals surface area (Å²) in [4.78, 5) is 10.6. The van der Waals surface area contributed by atoms with Crippen molar-refractivity contribution in [2.24, 2.45) is 5.73 Å². The summed E-state index contributed by atoms with van der Waals surface area (Å²) >= 11 is 0. The van der Waals surface area contributed by atoms with Gasteiger partial charge in [-0.25, -0.2) is 12.8 Å². The Labute approximate surface area is 121 Å². The van der Waals surface area contributed by atoms with E-state index in [1.54, 1.807) is 0 Å². The van der Waals surface area contributed by atoms with Gasteiger partial charge in [-0.2, -0.15) is 0 Å². The summed E-state index contributed by atoms with van der Waals surface area (Å²) in [6.45, 7) is 0. The fourth-order valence-electron chi connectivity index (χ4n) is 1.88. The van der Waals surface area contributed by atoms with Gasteiger partial charge in [0.15, 0.2) is 9.84 Å². The summed E-state index contributed by atoms with van der Waals surface area (Å²) in [5, 5.41) is 0. The Hall–Kier alpha value is -2.41. The number of nitrogens with two attached hydrogens (primary N) is 2. The van der Waals surface area contributed by atoms with Crippen LogP contribution in [0.1, 0.15) is 15.9 Å². The first kappa shape index (κ1) is 15.0. The highest BCUT2D eigenvalue weighted by Crippen LogP contribution is 2.22. The summed E-state index contributed by atoms with van der Waals surface area (Å²) in [7, 11) is -3.89. The van der Waals surface area contributed by atoms with Crippen molar-refractivity contribution in [3.63, 3.8) is 0 Å². The Bertz CT molecular complexity index is 804. The highest BCUT2D eigenvalue weighted by molar-refractivity contribution is 7.90. The number of rotatable bonds is 4. The van der Waals surface area contributed by atoms with Crippen LogP contribution in [0, 0.1) is 5.82 Å². The summed E-state index contributed by atoms with van der Waals surface area (Å²) in [6, 6.07) is 9.28. The van der Waals surface area contributed by atoms with Gasteiger partial charge in [-0.05, 0) is 35.9 Å². The monoisotopic (exact) mass is 308 g/mol. The second-order valence-corrected chi connectivity index (χ2v) is 6.47. The minimum atomic E-state index is -3.89. The van der Waals surface area contributed by atoms with Gasteiger partial charge in [0.2, 0.25) is 5.91 Å². The van der Waals surface area contributed by atoms with Gasteiger partial charge in [0.25, 0.3) is 0 Å². The Kier molecular flexibility index (Phi) is 3.95. The van der Waals surface area contributed by atoms with Crippen LogP contribution >= 0.6 is 0 Å². The average molecular weight is 308 g/mol. The molecule has 1 amide bonds. The molecule has 0 unspecified atom stereocenters. The van der Waals surface area contributed by atoms with E-state index in [1.807, 2.05) is 0 Å². The topological polar surface area (TPSA) is 103 Å². The molecule has 4 N–H and O–H groups in total. The van der Waals surface area contributed by atoms with E-state index in [0.717, 1.165) is 12.1 Å². The number of nitrogen functional groups attached to an aromatic ring is 1. The smallest absolute Gasteiger partial charge is 0.248 e. The average Bonchev–Trinajstić information content (AvgIpc) is 2.37. The zero-order chi connectivity index (χ0) is 15.6. The van der Waals surface area contributed by atoms with Crippen LogP contribution in [0.15, 0.2) is 47.4 Å². The molecule has 0 aliphatic carbocycles. The fourth-order valence-corrected chi connectivity index (χ4v) is 3.29. The van der Waals surface area contributed by atoms with Gasteiger partial charge in [0.05, 0.1) is 5.75 Å². The summed E-state index contributed by atoms with van der Waals surface area (Å²) < 4.78 is 38.2. The molecule has 0 atom stereocenters. The third kappa shape index (κ3) is 3.38. The number of carbonyl (C=O) groups excluding carboxylic acids is 1. The lowest BCUT2D eigenvalue weighted by atomic mass is 10.1. The number of anilines is 1. The van der Waals surface area contributed by atoms with Crippen molar-refractivity contribution in [2.75, 3.05) is 5.73 Å². The number of sulfone groups is 1. The summed E-state index contributed by atoms with van der Waals surface area (Å²) in [6.07, 6.45) is 0. The normalized spacial score (nSPS) is 11.3. The van der Waals surface area contributed by atoms with Crippen LogP contribution < -0.4 is 11.5 Å². The highest BCUT2D eigenvalue weighted by atomic mass is 32.2.